The highest BCUT2D eigenvalue weighted by molar-refractivity contribution is 5.38. The highest BCUT2D eigenvalue weighted by atomic mass is 16.3. The van der Waals surface area contributed by atoms with E-state index in [4.69, 9.17) is 5.11 Å². The Hall–Kier alpha value is -1.42. The molecule has 0 saturated heterocycles. The Morgan fingerprint density at radius 3 is 2.92 bits per heavy atom. The number of aliphatic hydroxyl groups is 1. The lowest BCUT2D eigenvalue weighted by Crippen LogP contribution is -1.95. The first-order chi connectivity index (χ1) is 6.33. The molecule has 4 heteroatoms. The number of hydrogen-bond donors (Lipinski definition) is 1. The average Bonchev–Trinajstić information content (AvgIpc) is 2.58. The molecule has 0 spiro atoms. The van der Waals surface area contributed by atoms with Crippen LogP contribution in [0.25, 0.3) is 5.65 Å². The maximum absolute atomic E-state index is 8.86. The van der Waals surface area contributed by atoms with Crippen molar-refractivity contribution in [3.8, 4) is 0 Å². The summed E-state index contributed by atoms with van der Waals surface area (Å²) in [5, 5.41) is 13.0. The molecule has 0 atom stereocenters. The molecule has 0 aromatic carbocycles. The minimum Gasteiger partial charge on any atom is -0.390 e. The molecule has 2 heterocycles. The van der Waals surface area contributed by atoms with Crippen LogP contribution in [0.1, 0.15) is 18.3 Å². The zero-order valence-electron chi connectivity index (χ0n) is 7.44. The number of rotatable bonds is 2. The molecule has 0 aliphatic carbocycles. The molecular weight excluding hydrogens is 166 g/mol. The zero-order chi connectivity index (χ0) is 9.26. The van der Waals surface area contributed by atoms with E-state index in [9.17, 15) is 0 Å². The molecule has 0 fully saturated rings. The molecule has 4 nitrogen and oxygen atoms in total. The predicted molar refractivity (Wildman–Crippen MR) is 48.3 cm³/mol. The third-order valence-electron chi connectivity index (χ3n) is 1.95. The van der Waals surface area contributed by atoms with Gasteiger partial charge in [-0.1, -0.05) is 6.92 Å². The quantitative estimate of drug-likeness (QED) is 0.737. The van der Waals surface area contributed by atoms with Gasteiger partial charge in [0.15, 0.2) is 5.65 Å². The summed E-state index contributed by atoms with van der Waals surface area (Å²) in [6, 6.07) is 3.64. The summed E-state index contributed by atoms with van der Waals surface area (Å²) in [7, 11) is 0. The first-order valence-electron chi connectivity index (χ1n) is 4.28. The molecule has 0 radical (unpaired) electrons. The van der Waals surface area contributed by atoms with Gasteiger partial charge in [-0.2, -0.15) is 5.10 Å². The molecule has 2 aromatic heterocycles. The first kappa shape index (κ1) is 8.19. The van der Waals surface area contributed by atoms with Gasteiger partial charge in [0.05, 0.1) is 24.2 Å². The Morgan fingerprint density at radius 2 is 2.23 bits per heavy atom. The lowest BCUT2D eigenvalue weighted by molar-refractivity contribution is 0.275. The molecule has 13 heavy (non-hydrogen) atoms. The van der Waals surface area contributed by atoms with Crippen LogP contribution in [0.2, 0.25) is 0 Å². The number of imidazole rings is 1. The molecule has 0 amide bonds. The van der Waals surface area contributed by atoms with Gasteiger partial charge in [-0.3, -0.25) is 0 Å². The lowest BCUT2D eigenvalue weighted by Gasteiger charge is -1.94. The second-order valence-corrected chi connectivity index (χ2v) is 2.87. The van der Waals surface area contributed by atoms with Crippen LogP contribution in [-0.2, 0) is 13.0 Å². The van der Waals surface area contributed by atoms with Crippen molar-refractivity contribution < 1.29 is 5.11 Å². The maximum Gasteiger partial charge on any atom is 0.153 e. The minimum absolute atomic E-state index is 0.0322. The summed E-state index contributed by atoms with van der Waals surface area (Å²) in [6.45, 7) is 2.02. The monoisotopic (exact) mass is 177 g/mol. The van der Waals surface area contributed by atoms with Gasteiger partial charge in [-0.15, -0.1) is 0 Å². The Bertz CT molecular complexity index is 420. The standard InChI is InChI=1S/C9H11N3O/c1-2-7-5-12-9(10-7)4-3-8(6-13)11-12/h3-5,13H,2,6H2,1H3. The van der Waals surface area contributed by atoms with Crippen LogP contribution in [0.3, 0.4) is 0 Å². The molecular formula is C9H11N3O. The van der Waals surface area contributed by atoms with Crippen LogP contribution in [0.4, 0.5) is 0 Å². The van der Waals surface area contributed by atoms with Crippen LogP contribution < -0.4 is 0 Å². The molecule has 0 unspecified atom stereocenters. The van der Waals surface area contributed by atoms with E-state index in [1.165, 1.54) is 0 Å². The predicted octanol–water partition coefficient (Wildman–Crippen LogP) is 0.784. The van der Waals surface area contributed by atoms with E-state index >= 15 is 0 Å². The number of hydrogen-bond acceptors (Lipinski definition) is 3. The topological polar surface area (TPSA) is 50.4 Å². The number of nitrogens with zero attached hydrogens (tertiary/aromatic N) is 3. The smallest absolute Gasteiger partial charge is 0.153 e. The van der Waals surface area contributed by atoms with Crippen molar-refractivity contribution in [2.45, 2.75) is 20.0 Å². The molecule has 0 aliphatic rings. The summed E-state index contributed by atoms with van der Waals surface area (Å²) in [6.07, 6.45) is 2.78. The van der Waals surface area contributed by atoms with Gasteiger partial charge in [0, 0.05) is 0 Å². The molecule has 0 saturated carbocycles. The second kappa shape index (κ2) is 3.14. The Morgan fingerprint density at radius 1 is 1.38 bits per heavy atom. The first-order valence-corrected chi connectivity index (χ1v) is 4.28. The van der Waals surface area contributed by atoms with E-state index in [-0.39, 0.29) is 6.61 Å². The van der Waals surface area contributed by atoms with Gasteiger partial charge in [-0.25, -0.2) is 9.50 Å². The van der Waals surface area contributed by atoms with Gasteiger partial charge < -0.3 is 5.11 Å². The van der Waals surface area contributed by atoms with E-state index < -0.39 is 0 Å². The van der Waals surface area contributed by atoms with Crippen molar-refractivity contribution in [1.29, 1.82) is 0 Å². The number of aryl methyl sites for hydroxylation is 1. The second-order valence-electron chi connectivity index (χ2n) is 2.87. The van der Waals surface area contributed by atoms with Gasteiger partial charge in [0.1, 0.15) is 0 Å². The SMILES string of the molecule is CCc1cn2nc(CO)ccc2n1. The lowest BCUT2D eigenvalue weighted by atomic mass is 10.4. The van der Waals surface area contributed by atoms with E-state index in [1.807, 2.05) is 12.3 Å². The van der Waals surface area contributed by atoms with E-state index in [1.54, 1.807) is 10.6 Å². The maximum atomic E-state index is 8.86. The zero-order valence-corrected chi connectivity index (χ0v) is 7.44. The molecule has 0 aliphatic heterocycles. The Labute approximate surface area is 75.8 Å². The summed E-state index contributed by atoms with van der Waals surface area (Å²) >= 11 is 0. The normalized spacial score (nSPS) is 10.9. The van der Waals surface area contributed by atoms with Crippen LogP contribution in [0.15, 0.2) is 18.3 Å². The fraction of sp³-hybridized carbons (Fsp3) is 0.333. The van der Waals surface area contributed by atoms with Crippen molar-refractivity contribution in [3.63, 3.8) is 0 Å². The average molecular weight is 177 g/mol. The van der Waals surface area contributed by atoms with Crippen molar-refractivity contribution in [2.75, 3.05) is 0 Å². The number of fused-ring (bicyclic) bond motifs is 1. The minimum atomic E-state index is -0.0322. The third kappa shape index (κ3) is 1.40. The van der Waals surface area contributed by atoms with Crippen molar-refractivity contribution in [3.05, 3.63) is 29.7 Å². The Balaban J connectivity index is 2.57. The molecule has 0 bridgehead atoms. The largest absolute Gasteiger partial charge is 0.390 e. The summed E-state index contributed by atoms with van der Waals surface area (Å²) in [5.74, 6) is 0. The molecule has 2 rings (SSSR count). The van der Waals surface area contributed by atoms with Crippen LogP contribution in [0, 0.1) is 0 Å². The van der Waals surface area contributed by atoms with Gasteiger partial charge in [-0.05, 0) is 18.6 Å². The summed E-state index contributed by atoms with van der Waals surface area (Å²) < 4.78 is 1.70. The summed E-state index contributed by atoms with van der Waals surface area (Å²) in [5.41, 5.74) is 2.50. The van der Waals surface area contributed by atoms with Crippen molar-refractivity contribution >= 4 is 5.65 Å². The van der Waals surface area contributed by atoms with Crippen LogP contribution in [0.5, 0.6) is 0 Å². The van der Waals surface area contributed by atoms with Gasteiger partial charge in [0.25, 0.3) is 0 Å². The highest BCUT2D eigenvalue weighted by Crippen LogP contribution is 2.04. The Kier molecular flexibility index (Phi) is 1.98. The van der Waals surface area contributed by atoms with Gasteiger partial charge in [0.2, 0.25) is 0 Å². The fourth-order valence-electron chi connectivity index (χ4n) is 1.23. The van der Waals surface area contributed by atoms with Crippen LogP contribution in [-0.4, -0.2) is 19.7 Å². The molecule has 68 valence electrons. The number of aromatic nitrogens is 3. The van der Waals surface area contributed by atoms with E-state index in [2.05, 4.69) is 17.0 Å². The van der Waals surface area contributed by atoms with E-state index in [0.717, 1.165) is 17.8 Å². The van der Waals surface area contributed by atoms with E-state index in [0.29, 0.717) is 5.69 Å². The molecule has 1 N–H and O–H groups in total. The van der Waals surface area contributed by atoms with Gasteiger partial charge >= 0.3 is 0 Å². The molecule has 2 aromatic rings. The summed E-state index contributed by atoms with van der Waals surface area (Å²) in [4.78, 5) is 4.33. The fourth-order valence-corrected chi connectivity index (χ4v) is 1.23. The highest BCUT2D eigenvalue weighted by Gasteiger charge is 2.00. The van der Waals surface area contributed by atoms with Crippen molar-refractivity contribution in [1.82, 2.24) is 14.6 Å². The third-order valence-corrected chi connectivity index (χ3v) is 1.95. The van der Waals surface area contributed by atoms with Crippen molar-refractivity contribution in [2.24, 2.45) is 0 Å². The number of aliphatic hydroxyl groups excluding tert-OH is 1. The van der Waals surface area contributed by atoms with Crippen LogP contribution >= 0.6 is 0 Å².